The number of nitrogens with one attached hydrogen (secondary N) is 1. The summed E-state index contributed by atoms with van der Waals surface area (Å²) < 4.78 is 5.57. The van der Waals surface area contributed by atoms with Crippen LogP contribution in [0.5, 0.6) is 0 Å². The minimum absolute atomic E-state index is 0.289. The lowest BCUT2D eigenvalue weighted by atomic mass is 10.0. The summed E-state index contributed by atoms with van der Waals surface area (Å²) in [5.41, 5.74) is 9.76. The van der Waals surface area contributed by atoms with Crippen molar-refractivity contribution in [2.75, 3.05) is 16.9 Å². The molecule has 4 heteroatoms. The van der Waals surface area contributed by atoms with Gasteiger partial charge in [-0.3, -0.25) is 5.43 Å². The summed E-state index contributed by atoms with van der Waals surface area (Å²) in [4.78, 5) is 2.31. The molecule has 1 N–H and O–H groups in total. The fourth-order valence-electron chi connectivity index (χ4n) is 3.77. The van der Waals surface area contributed by atoms with Gasteiger partial charge in [0.25, 0.3) is 0 Å². The zero-order valence-electron chi connectivity index (χ0n) is 17.8. The Kier molecular flexibility index (Phi) is 5.95. The van der Waals surface area contributed by atoms with Gasteiger partial charge in [0.15, 0.2) is 0 Å². The molecule has 1 atom stereocenters. The number of anilines is 4. The van der Waals surface area contributed by atoms with E-state index >= 15 is 0 Å². The molecule has 4 aromatic carbocycles. The van der Waals surface area contributed by atoms with Gasteiger partial charge in [0.1, 0.15) is 0 Å². The summed E-state index contributed by atoms with van der Waals surface area (Å²) in [7, 11) is 0. The molecular weight excluding hydrogens is 394 g/mol. The van der Waals surface area contributed by atoms with Gasteiger partial charge in [-0.2, -0.15) is 5.10 Å². The van der Waals surface area contributed by atoms with E-state index in [1.807, 2.05) is 48.7 Å². The number of para-hydroxylation sites is 3. The molecule has 0 bridgehead atoms. The van der Waals surface area contributed by atoms with Gasteiger partial charge in [-0.05, 0) is 59.7 Å². The largest absolute Gasteiger partial charge is 0.373 e. The molecule has 5 rings (SSSR count). The van der Waals surface area contributed by atoms with E-state index in [4.69, 9.17) is 4.74 Å². The number of ether oxygens (including phenoxy) is 1. The monoisotopic (exact) mass is 419 g/mol. The summed E-state index contributed by atoms with van der Waals surface area (Å²) in [6.07, 6.45) is 3.03. The standard InChI is InChI=1S/C28H25N3O/c1-4-10-24(11-5-1)30-29-20-22-16-17-28(23(18-22)19-27-21-32-27)31(25-12-6-2-7-13-25)26-14-8-3-9-15-26/h1-18,20,27,30H,19,21H2. The average molecular weight is 420 g/mol. The van der Waals surface area contributed by atoms with Gasteiger partial charge in [0.2, 0.25) is 0 Å². The maximum Gasteiger partial charge on any atom is 0.0850 e. The van der Waals surface area contributed by atoms with E-state index < -0.39 is 0 Å². The quantitative estimate of drug-likeness (QED) is 0.200. The molecule has 1 aliphatic heterocycles. The zero-order chi connectivity index (χ0) is 21.6. The number of benzene rings is 4. The molecule has 1 fully saturated rings. The van der Waals surface area contributed by atoms with Gasteiger partial charge in [-0.1, -0.05) is 60.7 Å². The van der Waals surface area contributed by atoms with Crippen molar-refractivity contribution in [3.05, 3.63) is 120 Å². The van der Waals surface area contributed by atoms with E-state index in [2.05, 4.69) is 82.2 Å². The van der Waals surface area contributed by atoms with Crippen LogP contribution in [0.4, 0.5) is 22.7 Å². The van der Waals surface area contributed by atoms with E-state index in [1.54, 1.807) is 0 Å². The summed E-state index contributed by atoms with van der Waals surface area (Å²) in [5.74, 6) is 0. The van der Waals surface area contributed by atoms with Crippen molar-refractivity contribution >= 4 is 29.0 Å². The van der Waals surface area contributed by atoms with E-state index in [0.717, 1.165) is 41.3 Å². The van der Waals surface area contributed by atoms with Crippen molar-refractivity contribution in [3.8, 4) is 0 Å². The van der Waals surface area contributed by atoms with Crippen molar-refractivity contribution < 1.29 is 4.74 Å². The fourth-order valence-corrected chi connectivity index (χ4v) is 3.77. The Bertz CT molecular complexity index is 1130. The summed E-state index contributed by atoms with van der Waals surface area (Å²) >= 11 is 0. The normalized spacial score (nSPS) is 14.9. The first-order valence-corrected chi connectivity index (χ1v) is 10.9. The summed E-state index contributed by atoms with van der Waals surface area (Å²) in [6.45, 7) is 0.823. The second-order valence-electron chi connectivity index (χ2n) is 7.79. The number of hydrogen-bond acceptors (Lipinski definition) is 4. The molecule has 0 saturated carbocycles. The van der Waals surface area contributed by atoms with Crippen LogP contribution in [0.15, 0.2) is 114 Å². The molecule has 1 unspecified atom stereocenters. The highest BCUT2D eigenvalue weighted by Gasteiger charge is 2.26. The molecule has 158 valence electrons. The predicted molar refractivity (Wildman–Crippen MR) is 132 cm³/mol. The molecule has 0 spiro atoms. The molecule has 1 aliphatic rings. The molecule has 4 nitrogen and oxygen atoms in total. The van der Waals surface area contributed by atoms with Crippen LogP contribution in [-0.2, 0) is 11.2 Å². The minimum atomic E-state index is 0.289. The number of hydrazone groups is 1. The molecule has 32 heavy (non-hydrogen) atoms. The Morgan fingerprint density at radius 3 is 2.00 bits per heavy atom. The van der Waals surface area contributed by atoms with Crippen molar-refractivity contribution in [2.24, 2.45) is 5.10 Å². The van der Waals surface area contributed by atoms with Crippen LogP contribution in [0.1, 0.15) is 11.1 Å². The van der Waals surface area contributed by atoms with Gasteiger partial charge in [0, 0.05) is 23.5 Å². The van der Waals surface area contributed by atoms with Gasteiger partial charge < -0.3 is 9.64 Å². The third-order valence-electron chi connectivity index (χ3n) is 5.40. The first kappa shape index (κ1) is 20.0. The number of nitrogens with zero attached hydrogens (tertiary/aromatic N) is 2. The van der Waals surface area contributed by atoms with Crippen molar-refractivity contribution in [2.45, 2.75) is 12.5 Å². The molecule has 1 saturated heterocycles. The summed E-state index contributed by atoms with van der Waals surface area (Å²) in [5, 5.41) is 4.42. The third kappa shape index (κ3) is 4.88. The SMILES string of the molecule is C(=NNc1ccccc1)c1ccc(N(c2ccccc2)c2ccccc2)c(CC2CO2)c1. The first-order valence-electron chi connectivity index (χ1n) is 10.9. The number of epoxide rings is 1. The summed E-state index contributed by atoms with van der Waals surface area (Å²) in [6, 6.07) is 37.4. The molecule has 0 aliphatic carbocycles. The third-order valence-corrected chi connectivity index (χ3v) is 5.40. The van der Waals surface area contributed by atoms with E-state index in [-0.39, 0.29) is 6.10 Å². The Labute approximate surface area is 188 Å². The molecule has 0 aromatic heterocycles. The molecular formula is C28H25N3O. The second-order valence-corrected chi connectivity index (χ2v) is 7.79. The highest BCUT2D eigenvalue weighted by atomic mass is 16.6. The number of hydrogen-bond donors (Lipinski definition) is 1. The smallest absolute Gasteiger partial charge is 0.0850 e. The van der Waals surface area contributed by atoms with E-state index in [1.165, 1.54) is 5.56 Å². The minimum Gasteiger partial charge on any atom is -0.373 e. The van der Waals surface area contributed by atoms with Gasteiger partial charge >= 0.3 is 0 Å². The molecule has 0 radical (unpaired) electrons. The van der Waals surface area contributed by atoms with Crippen LogP contribution in [0, 0.1) is 0 Å². The zero-order valence-corrected chi connectivity index (χ0v) is 17.8. The Balaban J connectivity index is 1.50. The molecule has 4 aromatic rings. The highest BCUT2D eigenvalue weighted by molar-refractivity contribution is 5.84. The van der Waals surface area contributed by atoms with Crippen LogP contribution >= 0.6 is 0 Å². The van der Waals surface area contributed by atoms with Gasteiger partial charge in [0.05, 0.1) is 24.6 Å². The van der Waals surface area contributed by atoms with Crippen LogP contribution in [0.2, 0.25) is 0 Å². The van der Waals surface area contributed by atoms with E-state index in [9.17, 15) is 0 Å². The van der Waals surface area contributed by atoms with E-state index in [0.29, 0.717) is 0 Å². The van der Waals surface area contributed by atoms with Gasteiger partial charge in [-0.25, -0.2) is 0 Å². The molecule has 0 amide bonds. The van der Waals surface area contributed by atoms with Crippen LogP contribution < -0.4 is 10.3 Å². The average Bonchev–Trinajstić information content (AvgIpc) is 3.67. The lowest BCUT2D eigenvalue weighted by molar-refractivity contribution is 0.407. The first-order chi connectivity index (χ1) is 15.9. The Morgan fingerprint density at radius 2 is 1.41 bits per heavy atom. The van der Waals surface area contributed by atoms with Gasteiger partial charge in [-0.15, -0.1) is 0 Å². The molecule has 1 heterocycles. The fraction of sp³-hybridized carbons (Fsp3) is 0.107. The Hall–Kier alpha value is -3.89. The van der Waals surface area contributed by atoms with Crippen molar-refractivity contribution in [1.29, 1.82) is 0 Å². The lowest BCUT2D eigenvalue weighted by Crippen LogP contribution is -2.13. The van der Waals surface area contributed by atoms with Crippen LogP contribution in [0.25, 0.3) is 0 Å². The van der Waals surface area contributed by atoms with Crippen molar-refractivity contribution in [3.63, 3.8) is 0 Å². The number of rotatable bonds is 8. The van der Waals surface area contributed by atoms with Crippen molar-refractivity contribution in [1.82, 2.24) is 0 Å². The maximum absolute atomic E-state index is 5.57. The topological polar surface area (TPSA) is 40.2 Å². The lowest BCUT2D eigenvalue weighted by Gasteiger charge is -2.28. The maximum atomic E-state index is 5.57. The van der Waals surface area contributed by atoms with Crippen LogP contribution in [0.3, 0.4) is 0 Å². The predicted octanol–water partition coefficient (Wildman–Crippen LogP) is 6.54. The highest BCUT2D eigenvalue weighted by Crippen LogP contribution is 2.37. The Morgan fingerprint density at radius 1 is 0.812 bits per heavy atom. The second kappa shape index (κ2) is 9.50. The van der Waals surface area contributed by atoms with Crippen LogP contribution in [-0.4, -0.2) is 18.9 Å².